The molecule has 2 aromatic carbocycles. The predicted molar refractivity (Wildman–Crippen MR) is 123 cm³/mol. The number of aromatic nitrogens is 4. The molecule has 0 saturated carbocycles. The number of anilines is 1. The molecule has 1 saturated heterocycles. The monoisotopic (exact) mass is 465 g/mol. The Hall–Kier alpha value is -3.75. The van der Waals surface area contributed by atoms with Crippen LogP contribution in [0.1, 0.15) is 40.2 Å². The fourth-order valence-corrected chi connectivity index (χ4v) is 4.38. The first-order chi connectivity index (χ1) is 16.3. The standard InChI is InChI=1S/C25H22F3N5O/c1-16-5-4-6-18(13-16)23-31-22-21(24(30-20(15-34)29-22)32-11-2-3-12-32)33(23)14-17-7-9-19(10-8-17)25(26,27)28/h4-10,13,15H,2-3,11-12,14H2,1H3. The van der Waals surface area contributed by atoms with Crippen LogP contribution >= 0.6 is 0 Å². The van der Waals surface area contributed by atoms with Gasteiger partial charge in [0.1, 0.15) is 11.3 Å². The van der Waals surface area contributed by atoms with Gasteiger partial charge in [-0.3, -0.25) is 4.79 Å². The first-order valence-corrected chi connectivity index (χ1v) is 11.0. The van der Waals surface area contributed by atoms with Crippen molar-refractivity contribution in [3.8, 4) is 11.4 Å². The summed E-state index contributed by atoms with van der Waals surface area (Å²) in [4.78, 5) is 27.3. The summed E-state index contributed by atoms with van der Waals surface area (Å²) in [7, 11) is 0. The van der Waals surface area contributed by atoms with Crippen molar-refractivity contribution in [2.24, 2.45) is 0 Å². The van der Waals surface area contributed by atoms with E-state index in [1.165, 1.54) is 12.1 Å². The number of nitrogens with zero attached hydrogens (tertiary/aromatic N) is 5. The van der Waals surface area contributed by atoms with Crippen LogP contribution in [0, 0.1) is 6.92 Å². The summed E-state index contributed by atoms with van der Waals surface area (Å²) in [5.74, 6) is 1.31. The maximum absolute atomic E-state index is 13.1. The average Bonchev–Trinajstić information content (AvgIpc) is 3.47. The first-order valence-electron chi connectivity index (χ1n) is 11.0. The molecule has 0 radical (unpaired) electrons. The fraction of sp³-hybridized carbons (Fsp3) is 0.280. The van der Waals surface area contributed by atoms with Crippen molar-refractivity contribution in [1.82, 2.24) is 19.5 Å². The van der Waals surface area contributed by atoms with Gasteiger partial charge in [0.25, 0.3) is 0 Å². The number of aryl methyl sites for hydroxylation is 1. The molecule has 4 aromatic rings. The molecule has 1 aliphatic rings. The van der Waals surface area contributed by atoms with Crippen molar-refractivity contribution < 1.29 is 18.0 Å². The van der Waals surface area contributed by atoms with Crippen molar-refractivity contribution in [2.45, 2.75) is 32.5 Å². The summed E-state index contributed by atoms with van der Waals surface area (Å²) in [6.45, 7) is 3.86. The van der Waals surface area contributed by atoms with E-state index in [2.05, 4.69) is 14.9 Å². The topological polar surface area (TPSA) is 63.9 Å². The molecule has 5 rings (SSSR count). The van der Waals surface area contributed by atoms with Crippen LogP contribution in [0.5, 0.6) is 0 Å². The van der Waals surface area contributed by atoms with Gasteiger partial charge in [0.15, 0.2) is 23.6 Å². The highest BCUT2D eigenvalue weighted by Crippen LogP contribution is 2.33. The zero-order chi connectivity index (χ0) is 23.9. The minimum atomic E-state index is -4.39. The van der Waals surface area contributed by atoms with E-state index in [4.69, 9.17) is 4.98 Å². The number of benzene rings is 2. The van der Waals surface area contributed by atoms with Gasteiger partial charge in [-0.15, -0.1) is 0 Å². The quantitative estimate of drug-likeness (QED) is 0.375. The van der Waals surface area contributed by atoms with E-state index < -0.39 is 11.7 Å². The lowest BCUT2D eigenvalue weighted by Gasteiger charge is -2.19. The smallest absolute Gasteiger partial charge is 0.355 e. The lowest BCUT2D eigenvalue weighted by molar-refractivity contribution is -0.137. The van der Waals surface area contributed by atoms with E-state index in [9.17, 15) is 18.0 Å². The Morgan fingerprint density at radius 2 is 1.74 bits per heavy atom. The Balaban J connectivity index is 1.71. The molecule has 0 atom stereocenters. The van der Waals surface area contributed by atoms with E-state index in [0.717, 1.165) is 49.2 Å². The van der Waals surface area contributed by atoms with Crippen LogP contribution in [-0.4, -0.2) is 38.9 Å². The number of halogens is 3. The summed E-state index contributed by atoms with van der Waals surface area (Å²) in [5, 5.41) is 0. The molecule has 1 fully saturated rings. The lowest BCUT2D eigenvalue weighted by Crippen LogP contribution is -2.21. The summed E-state index contributed by atoms with van der Waals surface area (Å²) >= 11 is 0. The van der Waals surface area contributed by atoms with E-state index in [0.29, 0.717) is 34.7 Å². The highest BCUT2D eigenvalue weighted by molar-refractivity contribution is 5.90. The number of imidazole rings is 1. The molecule has 0 bridgehead atoms. The summed E-state index contributed by atoms with van der Waals surface area (Å²) in [6, 6.07) is 13.0. The van der Waals surface area contributed by atoms with Crippen molar-refractivity contribution in [1.29, 1.82) is 0 Å². The highest BCUT2D eigenvalue weighted by atomic mass is 19.4. The van der Waals surface area contributed by atoms with Crippen LogP contribution in [0.2, 0.25) is 0 Å². The molecule has 1 aliphatic heterocycles. The van der Waals surface area contributed by atoms with Gasteiger partial charge in [-0.2, -0.15) is 13.2 Å². The van der Waals surface area contributed by atoms with Crippen LogP contribution in [0.15, 0.2) is 48.5 Å². The molecular weight excluding hydrogens is 443 g/mol. The minimum absolute atomic E-state index is 0.0596. The van der Waals surface area contributed by atoms with Crippen LogP contribution in [-0.2, 0) is 12.7 Å². The normalized spacial score (nSPS) is 14.2. The second-order valence-corrected chi connectivity index (χ2v) is 8.48. The van der Waals surface area contributed by atoms with Crippen molar-refractivity contribution in [3.63, 3.8) is 0 Å². The number of aldehydes is 1. The second kappa shape index (κ2) is 8.55. The number of carbonyl (C=O) groups is 1. The van der Waals surface area contributed by atoms with Crippen molar-refractivity contribution in [3.05, 3.63) is 71.0 Å². The van der Waals surface area contributed by atoms with Crippen LogP contribution in [0.4, 0.5) is 19.0 Å². The van der Waals surface area contributed by atoms with Gasteiger partial charge in [0, 0.05) is 25.2 Å². The Bertz CT molecular complexity index is 1360. The molecule has 3 heterocycles. The van der Waals surface area contributed by atoms with Gasteiger partial charge in [0.2, 0.25) is 0 Å². The number of carbonyl (C=O) groups excluding carboxylic acids is 1. The third kappa shape index (κ3) is 4.13. The van der Waals surface area contributed by atoms with Gasteiger partial charge >= 0.3 is 6.18 Å². The van der Waals surface area contributed by atoms with Gasteiger partial charge in [-0.1, -0.05) is 35.9 Å². The molecule has 6 nitrogen and oxygen atoms in total. The lowest BCUT2D eigenvalue weighted by atomic mass is 10.1. The molecule has 0 unspecified atom stereocenters. The number of hydrogen-bond acceptors (Lipinski definition) is 5. The maximum atomic E-state index is 13.1. The fourth-order valence-electron chi connectivity index (χ4n) is 4.38. The SMILES string of the molecule is Cc1cccc(-c2nc3nc(C=O)nc(N4CCCC4)c3n2Cc2ccc(C(F)(F)F)cc2)c1. The van der Waals surface area contributed by atoms with E-state index in [1.54, 1.807) is 0 Å². The van der Waals surface area contributed by atoms with Crippen molar-refractivity contribution >= 4 is 23.3 Å². The Labute approximate surface area is 194 Å². The summed E-state index contributed by atoms with van der Waals surface area (Å²) < 4.78 is 41.1. The van der Waals surface area contributed by atoms with Crippen LogP contribution < -0.4 is 4.90 Å². The molecular formula is C25H22F3N5O. The number of alkyl halides is 3. The largest absolute Gasteiger partial charge is 0.416 e. The first kappa shape index (κ1) is 22.1. The Morgan fingerprint density at radius 3 is 2.38 bits per heavy atom. The van der Waals surface area contributed by atoms with Crippen LogP contribution in [0.3, 0.4) is 0 Å². The second-order valence-electron chi connectivity index (χ2n) is 8.48. The van der Waals surface area contributed by atoms with E-state index in [1.807, 2.05) is 35.8 Å². The molecule has 0 amide bonds. The van der Waals surface area contributed by atoms with Gasteiger partial charge in [0.05, 0.1) is 5.56 Å². The van der Waals surface area contributed by atoms with Gasteiger partial charge in [-0.25, -0.2) is 15.0 Å². The highest BCUT2D eigenvalue weighted by Gasteiger charge is 2.30. The summed E-state index contributed by atoms with van der Waals surface area (Å²) in [6.07, 6.45) is -1.76. The number of rotatable bonds is 5. The van der Waals surface area contributed by atoms with E-state index in [-0.39, 0.29) is 12.4 Å². The molecule has 0 spiro atoms. The Morgan fingerprint density at radius 1 is 1.00 bits per heavy atom. The zero-order valence-electron chi connectivity index (χ0n) is 18.5. The molecule has 0 N–H and O–H groups in total. The summed E-state index contributed by atoms with van der Waals surface area (Å²) in [5.41, 5.74) is 2.96. The van der Waals surface area contributed by atoms with E-state index >= 15 is 0 Å². The van der Waals surface area contributed by atoms with Crippen LogP contribution in [0.25, 0.3) is 22.6 Å². The van der Waals surface area contributed by atoms with Crippen molar-refractivity contribution in [2.75, 3.05) is 18.0 Å². The van der Waals surface area contributed by atoms with Gasteiger partial charge < -0.3 is 9.47 Å². The molecule has 34 heavy (non-hydrogen) atoms. The molecule has 0 aliphatic carbocycles. The molecule has 2 aromatic heterocycles. The third-order valence-corrected chi connectivity index (χ3v) is 6.01. The predicted octanol–water partition coefficient (Wildman–Crippen LogP) is 5.28. The number of hydrogen-bond donors (Lipinski definition) is 0. The number of fused-ring (bicyclic) bond motifs is 1. The molecule has 9 heteroatoms. The molecule has 174 valence electrons. The van der Waals surface area contributed by atoms with Gasteiger partial charge in [-0.05, 0) is 43.5 Å². The third-order valence-electron chi connectivity index (χ3n) is 6.01. The maximum Gasteiger partial charge on any atom is 0.416 e. The minimum Gasteiger partial charge on any atom is -0.355 e. The average molecular weight is 465 g/mol. The zero-order valence-corrected chi connectivity index (χ0v) is 18.5. The Kier molecular flexibility index (Phi) is 5.55.